The van der Waals surface area contributed by atoms with Gasteiger partial charge in [-0.1, -0.05) is 17.8 Å². The average Bonchev–Trinajstić information content (AvgIpc) is 2.67. The Hall–Kier alpha value is -1.60. The van der Waals surface area contributed by atoms with E-state index in [1.807, 2.05) is 13.0 Å². The van der Waals surface area contributed by atoms with E-state index in [9.17, 15) is 4.79 Å². The van der Waals surface area contributed by atoms with Gasteiger partial charge in [0.25, 0.3) is 5.91 Å². The first kappa shape index (κ1) is 11.9. The molecule has 2 rings (SSSR count). The number of carbonyl (C=O) groups is 1. The van der Waals surface area contributed by atoms with E-state index in [2.05, 4.69) is 9.36 Å². The second-order valence-electron chi connectivity index (χ2n) is 3.29. The number of nitrogen functional groups attached to an aromatic ring is 1. The lowest BCUT2D eigenvalue weighted by Gasteiger charge is -2.06. The highest BCUT2D eigenvalue weighted by Crippen LogP contribution is 2.34. The van der Waals surface area contributed by atoms with Gasteiger partial charge < -0.3 is 11.5 Å². The third-order valence-corrected chi connectivity index (χ3v) is 3.96. The predicted molar refractivity (Wildman–Crippen MR) is 68.1 cm³/mol. The zero-order valence-electron chi connectivity index (χ0n) is 9.01. The van der Waals surface area contributed by atoms with Gasteiger partial charge in [-0.3, -0.25) is 4.79 Å². The Bertz CT molecular complexity index is 567. The molecule has 0 radical (unpaired) electrons. The van der Waals surface area contributed by atoms with Crippen LogP contribution in [0.3, 0.4) is 0 Å². The lowest BCUT2D eigenvalue weighted by Crippen LogP contribution is -2.13. The molecule has 0 spiro atoms. The standard InChI is InChI=1S/C10H10N4OS2/c1-5-13-10(17-14-5)16-7-4-2-3-6(8(7)11)9(12)15/h2-4H,11H2,1H3,(H2,12,15). The van der Waals surface area contributed by atoms with Crippen molar-refractivity contribution in [1.82, 2.24) is 9.36 Å². The molecule has 0 bridgehead atoms. The van der Waals surface area contributed by atoms with Crippen LogP contribution in [-0.2, 0) is 0 Å². The van der Waals surface area contributed by atoms with Gasteiger partial charge in [-0.25, -0.2) is 4.98 Å². The van der Waals surface area contributed by atoms with Gasteiger partial charge in [-0.05, 0) is 30.6 Å². The first-order chi connectivity index (χ1) is 8.08. The Morgan fingerprint density at radius 1 is 1.47 bits per heavy atom. The molecule has 7 heteroatoms. The maximum atomic E-state index is 11.1. The molecule has 0 fully saturated rings. The van der Waals surface area contributed by atoms with E-state index >= 15 is 0 Å². The zero-order valence-corrected chi connectivity index (χ0v) is 10.6. The second kappa shape index (κ2) is 4.72. The number of anilines is 1. The van der Waals surface area contributed by atoms with Gasteiger partial charge in [-0.15, -0.1) is 0 Å². The van der Waals surface area contributed by atoms with Crippen molar-refractivity contribution < 1.29 is 4.79 Å². The van der Waals surface area contributed by atoms with Crippen LogP contribution in [0.15, 0.2) is 27.4 Å². The van der Waals surface area contributed by atoms with Crippen molar-refractivity contribution in [2.75, 3.05) is 5.73 Å². The predicted octanol–water partition coefficient (Wildman–Crippen LogP) is 1.68. The number of rotatable bonds is 3. The molecule has 0 aliphatic rings. The number of primary amides is 1. The molecule has 0 saturated heterocycles. The molecule has 17 heavy (non-hydrogen) atoms. The Kier molecular flexibility index (Phi) is 3.30. The number of aromatic nitrogens is 2. The van der Waals surface area contributed by atoms with Gasteiger partial charge in [0.05, 0.1) is 11.3 Å². The smallest absolute Gasteiger partial charge is 0.250 e. The van der Waals surface area contributed by atoms with Gasteiger partial charge >= 0.3 is 0 Å². The van der Waals surface area contributed by atoms with E-state index in [1.165, 1.54) is 23.3 Å². The van der Waals surface area contributed by atoms with Gasteiger partial charge in [0.1, 0.15) is 5.82 Å². The fourth-order valence-electron chi connectivity index (χ4n) is 1.26. The number of hydrogen-bond donors (Lipinski definition) is 2. The molecule has 0 saturated carbocycles. The van der Waals surface area contributed by atoms with Crippen molar-refractivity contribution in [2.45, 2.75) is 16.2 Å². The minimum Gasteiger partial charge on any atom is -0.397 e. The molecular weight excluding hydrogens is 256 g/mol. The molecule has 1 heterocycles. The average molecular weight is 266 g/mol. The van der Waals surface area contributed by atoms with Gasteiger partial charge in [0.15, 0.2) is 4.34 Å². The monoisotopic (exact) mass is 266 g/mol. The SMILES string of the molecule is Cc1nsc(Sc2cccc(C(N)=O)c2N)n1. The van der Waals surface area contributed by atoms with E-state index in [0.29, 0.717) is 11.3 Å². The molecular formula is C10H10N4OS2. The molecule has 0 atom stereocenters. The topological polar surface area (TPSA) is 94.9 Å². The highest BCUT2D eigenvalue weighted by Gasteiger charge is 2.12. The van der Waals surface area contributed by atoms with E-state index in [0.717, 1.165) is 15.1 Å². The summed E-state index contributed by atoms with van der Waals surface area (Å²) in [6.07, 6.45) is 0. The number of aryl methyl sites for hydroxylation is 1. The van der Waals surface area contributed by atoms with Crippen LogP contribution >= 0.6 is 23.3 Å². The maximum Gasteiger partial charge on any atom is 0.250 e. The van der Waals surface area contributed by atoms with E-state index in [4.69, 9.17) is 11.5 Å². The Morgan fingerprint density at radius 3 is 2.82 bits per heavy atom. The summed E-state index contributed by atoms with van der Waals surface area (Å²) in [7, 11) is 0. The van der Waals surface area contributed by atoms with Crippen LogP contribution in [0.25, 0.3) is 0 Å². The second-order valence-corrected chi connectivity index (χ2v) is 5.33. The number of benzene rings is 1. The normalized spacial score (nSPS) is 10.4. The fraction of sp³-hybridized carbons (Fsp3) is 0.100. The lowest BCUT2D eigenvalue weighted by atomic mass is 10.2. The molecule has 0 aliphatic heterocycles. The third-order valence-electron chi connectivity index (χ3n) is 2.04. The summed E-state index contributed by atoms with van der Waals surface area (Å²) < 4.78 is 4.87. The summed E-state index contributed by atoms with van der Waals surface area (Å²) in [6.45, 7) is 1.82. The van der Waals surface area contributed by atoms with E-state index in [-0.39, 0.29) is 0 Å². The van der Waals surface area contributed by atoms with Crippen LogP contribution in [-0.4, -0.2) is 15.3 Å². The van der Waals surface area contributed by atoms with Gasteiger partial charge in [-0.2, -0.15) is 4.37 Å². The van der Waals surface area contributed by atoms with E-state index in [1.54, 1.807) is 12.1 Å². The highest BCUT2D eigenvalue weighted by molar-refractivity contribution is 8.01. The van der Waals surface area contributed by atoms with E-state index < -0.39 is 5.91 Å². The number of nitrogens with zero attached hydrogens (tertiary/aromatic N) is 2. The summed E-state index contributed by atoms with van der Waals surface area (Å²) in [5.74, 6) is 0.195. The van der Waals surface area contributed by atoms with Crippen LogP contribution in [0.5, 0.6) is 0 Å². The summed E-state index contributed by atoms with van der Waals surface area (Å²) in [6, 6.07) is 5.17. The van der Waals surface area contributed by atoms with Crippen LogP contribution in [0.2, 0.25) is 0 Å². The zero-order chi connectivity index (χ0) is 12.4. The first-order valence-corrected chi connectivity index (χ1v) is 6.33. The van der Waals surface area contributed by atoms with Gasteiger partial charge in [0, 0.05) is 4.90 Å². The van der Waals surface area contributed by atoms with Crippen LogP contribution in [0.4, 0.5) is 5.69 Å². The van der Waals surface area contributed by atoms with Crippen LogP contribution in [0.1, 0.15) is 16.2 Å². The number of carbonyl (C=O) groups excluding carboxylic acids is 1. The molecule has 5 nitrogen and oxygen atoms in total. The molecule has 0 unspecified atom stereocenters. The summed E-state index contributed by atoms with van der Waals surface area (Å²) >= 11 is 2.68. The van der Waals surface area contributed by atoms with Crippen LogP contribution < -0.4 is 11.5 Å². The maximum absolute atomic E-state index is 11.1. The van der Waals surface area contributed by atoms with Crippen molar-refractivity contribution in [3.8, 4) is 0 Å². The molecule has 0 aliphatic carbocycles. The van der Waals surface area contributed by atoms with Crippen molar-refractivity contribution in [2.24, 2.45) is 5.73 Å². The van der Waals surface area contributed by atoms with Crippen molar-refractivity contribution >= 4 is 34.9 Å². The Morgan fingerprint density at radius 2 is 2.24 bits per heavy atom. The molecule has 4 N–H and O–H groups in total. The molecule has 1 amide bonds. The minimum absolute atomic E-state index is 0.330. The summed E-state index contributed by atoms with van der Waals surface area (Å²) in [4.78, 5) is 16.1. The molecule has 88 valence electrons. The Labute approximate surface area is 106 Å². The number of hydrogen-bond acceptors (Lipinski definition) is 6. The fourth-order valence-corrected chi connectivity index (χ4v) is 2.95. The largest absolute Gasteiger partial charge is 0.397 e. The van der Waals surface area contributed by atoms with Crippen molar-refractivity contribution in [1.29, 1.82) is 0 Å². The van der Waals surface area contributed by atoms with Gasteiger partial charge in [0.2, 0.25) is 0 Å². The molecule has 2 aromatic rings. The lowest BCUT2D eigenvalue weighted by molar-refractivity contribution is 0.100. The van der Waals surface area contributed by atoms with Crippen molar-refractivity contribution in [3.63, 3.8) is 0 Å². The van der Waals surface area contributed by atoms with Crippen LogP contribution in [0, 0.1) is 6.92 Å². The molecule has 1 aromatic heterocycles. The first-order valence-electron chi connectivity index (χ1n) is 4.74. The summed E-state index contributed by atoms with van der Waals surface area (Å²) in [5.41, 5.74) is 11.8. The van der Waals surface area contributed by atoms with Crippen molar-refractivity contribution in [3.05, 3.63) is 29.6 Å². The number of nitrogens with two attached hydrogens (primary N) is 2. The molecule has 1 aromatic carbocycles. The Balaban J connectivity index is 2.33. The minimum atomic E-state index is -0.529. The summed E-state index contributed by atoms with van der Waals surface area (Å²) in [5, 5.41) is 0. The quantitative estimate of drug-likeness (QED) is 0.824. The third kappa shape index (κ3) is 2.56. The number of para-hydroxylation sites is 1. The highest BCUT2D eigenvalue weighted by atomic mass is 32.2. The number of amides is 1.